The van der Waals surface area contributed by atoms with Gasteiger partial charge in [-0.3, -0.25) is 4.72 Å². The van der Waals surface area contributed by atoms with Crippen LogP contribution >= 0.6 is 31.9 Å². The van der Waals surface area contributed by atoms with E-state index in [0.717, 1.165) is 21.1 Å². The van der Waals surface area contributed by atoms with E-state index in [1.54, 1.807) is 0 Å². The zero-order valence-electron chi connectivity index (χ0n) is 9.83. The fraction of sp³-hybridized carbons (Fsp3) is 0.455. The van der Waals surface area contributed by atoms with E-state index in [4.69, 9.17) is 0 Å². The summed E-state index contributed by atoms with van der Waals surface area (Å²) in [5.41, 5.74) is 1.62. The van der Waals surface area contributed by atoms with Crippen molar-refractivity contribution in [3.63, 3.8) is 0 Å². The zero-order valence-corrected chi connectivity index (χ0v) is 13.8. The van der Waals surface area contributed by atoms with Crippen molar-refractivity contribution in [3.8, 4) is 0 Å². The molecule has 0 radical (unpaired) electrons. The Labute approximate surface area is 124 Å². The molecule has 0 amide bonds. The number of rotatable bonds is 3. The van der Waals surface area contributed by atoms with Crippen molar-refractivity contribution < 1.29 is 8.42 Å². The second-order valence-electron chi connectivity index (χ2n) is 4.37. The van der Waals surface area contributed by atoms with Crippen LogP contribution in [0.1, 0.15) is 12.0 Å². The van der Waals surface area contributed by atoms with Gasteiger partial charge in [0.15, 0.2) is 0 Å². The molecule has 1 atom stereocenters. The Hall–Kier alpha value is -0.110. The molecule has 1 aliphatic heterocycles. The second kappa shape index (κ2) is 5.48. The summed E-state index contributed by atoms with van der Waals surface area (Å²) >= 11 is 6.77. The summed E-state index contributed by atoms with van der Waals surface area (Å²) in [6, 6.07) is 3.77. The normalized spacial score (nSPS) is 20.1. The van der Waals surface area contributed by atoms with E-state index in [-0.39, 0.29) is 5.25 Å². The van der Waals surface area contributed by atoms with Crippen molar-refractivity contribution in [1.29, 1.82) is 0 Å². The quantitative estimate of drug-likeness (QED) is 0.824. The van der Waals surface area contributed by atoms with Crippen molar-refractivity contribution >= 4 is 47.6 Å². The summed E-state index contributed by atoms with van der Waals surface area (Å²) in [6.07, 6.45) is 0.649. The topological polar surface area (TPSA) is 58.2 Å². The molecule has 0 aliphatic carbocycles. The highest BCUT2D eigenvalue weighted by Gasteiger charge is 2.29. The average Bonchev–Trinajstić information content (AvgIpc) is 2.77. The Balaban J connectivity index is 2.29. The molecule has 1 heterocycles. The van der Waals surface area contributed by atoms with Crippen LogP contribution in [0.2, 0.25) is 0 Å². The maximum atomic E-state index is 12.2. The molecule has 18 heavy (non-hydrogen) atoms. The number of halogens is 2. The fourth-order valence-corrected chi connectivity index (χ4v) is 5.23. The van der Waals surface area contributed by atoms with Gasteiger partial charge in [0.2, 0.25) is 10.0 Å². The molecule has 1 aromatic rings. The SMILES string of the molecule is Cc1cc(Br)c(NS(=O)(=O)C2CCNC2)c(Br)c1. The van der Waals surface area contributed by atoms with Gasteiger partial charge in [-0.1, -0.05) is 0 Å². The van der Waals surface area contributed by atoms with E-state index in [0.29, 0.717) is 18.7 Å². The first-order chi connectivity index (χ1) is 8.40. The van der Waals surface area contributed by atoms with Gasteiger partial charge < -0.3 is 5.32 Å². The number of hydrogen-bond acceptors (Lipinski definition) is 3. The summed E-state index contributed by atoms with van der Waals surface area (Å²) in [5, 5.41) is 2.70. The van der Waals surface area contributed by atoms with Gasteiger partial charge >= 0.3 is 0 Å². The first-order valence-electron chi connectivity index (χ1n) is 5.58. The predicted octanol–water partition coefficient (Wildman–Crippen LogP) is 2.62. The predicted molar refractivity (Wildman–Crippen MR) is 80.4 cm³/mol. The first kappa shape index (κ1) is 14.3. The van der Waals surface area contributed by atoms with Crippen LogP contribution in [-0.4, -0.2) is 26.8 Å². The minimum Gasteiger partial charge on any atom is -0.315 e. The third-order valence-corrected chi connectivity index (χ3v) is 5.90. The summed E-state index contributed by atoms with van der Waals surface area (Å²) in [7, 11) is -3.34. The van der Waals surface area contributed by atoms with Gasteiger partial charge in [0.25, 0.3) is 0 Å². The van der Waals surface area contributed by atoms with Crippen LogP contribution in [0.4, 0.5) is 5.69 Å². The van der Waals surface area contributed by atoms with Crippen molar-refractivity contribution in [2.24, 2.45) is 0 Å². The Morgan fingerprint density at radius 1 is 1.33 bits per heavy atom. The second-order valence-corrected chi connectivity index (χ2v) is 8.03. The molecule has 0 bridgehead atoms. The number of hydrogen-bond donors (Lipinski definition) is 2. The molecule has 1 unspecified atom stereocenters. The van der Waals surface area contributed by atoms with Gasteiger partial charge in [0.1, 0.15) is 0 Å². The number of anilines is 1. The third kappa shape index (κ3) is 3.07. The summed E-state index contributed by atoms with van der Waals surface area (Å²) in [4.78, 5) is 0. The van der Waals surface area contributed by atoms with Crippen LogP contribution in [0.25, 0.3) is 0 Å². The van der Waals surface area contributed by atoms with E-state index in [2.05, 4.69) is 41.9 Å². The van der Waals surface area contributed by atoms with E-state index in [9.17, 15) is 8.42 Å². The lowest BCUT2D eigenvalue weighted by molar-refractivity contribution is 0.588. The van der Waals surface area contributed by atoms with Crippen molar-refractivity contribution in [1.82, 2.24) is 5.32 Å². The average molecular weight is 398 g/mol. The molecule has 7 heteroatoms. The van der Waals surface area contributed by atoms with Crippen LogP contribution in [0.3, 0.4) is 0 Å². The van der Waals surface area contributed by atoms with Gasteiger partial charge in [-0.25, -0.2) is 8.42 Å². The lowest BCUT2D eigenvalue weighted by Gasteiger charge is -2.15. The highest BCUT2D eigenvalue weighted by Crippen LogP contribution is 2.33. The summed E-state index contributed by atoms with van der Waals surface area (Å²) in [6.45, 7) is 3.22. The third-order valence-electron chi connectivity index (χ3n) is 2.88. The van der Waals surface area contributed by atoms with Gasteiger partial charge in [-0.15, -0.1) is 0 Å². The highest BCUT2D eigenvalue weighted by atomic mass is 79.9. The monoisotopic (exact) mass is 396 g/mol. The lowest BCUT2D eigenvalue weighted by atomic mass is 10.2. The van der Waals surface area contributed by atoms with Crippen LogP contribution in [-0.2, 0) is 10.0 Å². The molecule has 1 aliphatic rings. The van der Waals surface area contributed by atoms with E-state index < -0.39 is 10.0 Å². The number of sulfonamides is 1. The van der Waals surface area contributed by atoms with Gasteiger partial charge in [-0.2, -0.15) is 0 Å². The zero-order chi connectivity index (χ0) is 13.3. The van der Waals surface area contributed by atoms with Gasteiger partial charge in [-0.05, 0) is 69.4 Å². The highest BCUT2D eigenvalue weighted by molar-refractivity contribution is 9.11. The van der Waals surface area contributed by atoms with Crippen molar-refractivity contribution in [2.75, 3.05) is 17.8 Å². The van der Waals surface area contributed by atoms with Crippen LogP contribution < -0.4 is 10.0 Å². The first-order valence-corrected chi connectivity index (χ1v) is 8.71. The Morgan fingerprint density at radius 2 is 1.94 bits per heavy atom. The standard InChI is InChI=1S/C11H14Br2N2O2S/c1-7-4-9(12)11(10(13)5-7)15-18(16,17)8-2-3-14-6-8/h4-5,8,14-15H,2-3,6H2,1H3. The number of nitrogens with one attached hydrogen (secondary N) is 2. The Kier molecular flexibility index (Phi) is 4.36. The van der Waals surface area contributed by atoms with E-state index in [1.165, 1.54) is 0 Å². The van der Waals surface area contributed by atoms with Crippen LogP contribution in [0.5, 0.6) is 0 Å². The molecule has 1 fully saturated rings. The molecule has 1 aromatic carbocycles. The van der Waals surface area contributed by atoms with Gasteiger partial charge in [0, 0.05) is 15.5 Å². The lowest BCUT2D eigenvalue weighted by Crippen LogP contribution is -2.29. The number of aryl methyl sites for hydroxylation is 1. The number of benzene rings is 1. The summed E-state index contributed by atoms with van der Waals surface area (Å²) < 4.78 is 28.5. The maximum Gasteiger partial charge on any atom is 0.236 e. The molecule has 100 valence electrons. The minimum atomic E-state index is -3.34. The van der Waals surface area contributed by atoms with Crippen molar-refractivity contribution in [3.05, 3.63) is 26.6 Å². The Bertz CT molecular complexity index is 531. The molecule has 2 rings (SSSR count). The molecule has 1 saturated heterocycles. The minimum absolute atomic E-state index is 0.363. The van der Waals surface area contributed by atoms with Gasteiger partial charge in [0.05, 0.1) is 10.9 Å². The maximum absolute atomic E-state index is 12.2. The molecular formula is C11H14Br2N2O2S. The molecule has 0 spiro atoms. The van der Waals surface area contributed by atoms with E-state index in [1.807, 2.05) is 19.1 Å². The smallest absolute Gasteiger partial charge is 0.236 e. The van der Waals surface area contributed by atoms with Crippen LogP contribution in [0, 0.1) is 6.92 Å². The van der Waals surface area contributed by atoms with E-state index >= 15 is 0 Å². The Morgan fingerprint density at radius 3 is 2.44 bits per heavy atom. The fourth-order valence-electron chi connectivity index (χ4n) is 1.92. The molecule has 4 nitrogen and oxygen atoms in total. The molecule has 0 aromatic heterocycles. The molecule has 0 saturated carbocycles. The van der Waals surface area contributed by atoms with Crippen LogP contribution in [0.15, 0.2) is 21.1 Å². The summed E-state index contributed by atoms with van der Waals surface area (Å²) in [5.74, 6) is 0. The largest absolute Gasteiger partial charge is 0.315 e. The molecular weight excluding hydrogens is 384 g/mol. The molecule has 2 N–H and O–H groups in total. The van der Waals surface area contributed by atoms with Crippen molar-refractivity contribution in [2.45, 2.75) is 18.6 Å².